The van der Waals surface area contributed by atoms with Crippen molar-refractivity contribution in [1.82, 2.24) is 24.4 Å². The molecule has 0 spiro atoms. The number of pyridine rings is 1. The number of nitrogens with zero attached hydrogens (tertiary/aromatic N) is 5. The molecule has 3 rings (SSSR count). The summed E-state index contributed by atoms with van der Waals surface area (Å²) in [7, 11) is 1.78. The summed E-state index contributed by atoms with van der Waals surface area (Å²) in [5, 5.41) is 21.3. The van der Waals surface area contributed by atoms with Crippen LogP contribution in [0.15, 0.2) is 24.7 Å². The average molecular weight is 278 g/mol. The van der Waals surface area contributed by atoms with Crippen LogP contribution < -0.4 is 0 Å². The first kappa shape index (κ1) is 11.7. The summed E-state index contributed by atoms with van der Waals surface area (Å²) in [5.41, 5.74) is 1.21. The predicted molar refractivity (Wildman–Crippen MR) is 67.2 cm³/mol. The minimum atomic E-state index is -1.06. The highest BCUT2D eigenvalue weighted by Gasteiger charge is 2.15. The van der Waals surface area contributed by atoms with Gasteiger partial charge in [-0.05, 0) is 6.07 Å². The fraction of sp³-hybridized carbons (Fsp3) is 0.0909. The maximum Gasteiger partial charge on any atom is 0.337 e. The highest BCUT2D eigenvalue weighted by atomic mass is 35.5. The van der Waals surface area contributed by atoms with E-state index in [-0.39, 0.29) is 10.6 Å². The molecule has 0 atom stereocenters. The van der Waals surface area contributed by atoms with E-state index in [0.29, 0.717) is 11.5 Å². The number of fused-ring (bicyclic) bond motifs is 1. The van der Waals surface area contributed by atoms with Gasteiger partial charge < -0.3 is 5.11 Å². The molecule has 7 nitrogen and oxygen atoms in total. The van der Waals surface area contributed by atoms with Crippen molar-refractivity contribution in [3.05, 3.63) is 35.2 Å². The average Bonchev–Trinajstić information content (AvgIpc) is 2.94. The Morgan fingerprint density at radius 3 is 2.79 bits per heavy atom. The Kier molecular flexibility index (Phi) is 2.49. The van der Waals surface area contributed by atoms with Crippen molar-refractivity contribution in [3.63, 3.8) is 0 Å². The molecule has 0 fully saturated rings. The number of hydrogen-bond donors (Lipinski definition) is 1. The van der Waals surface area contributed by atoms with Gasteiger partial charge in [0, 0.05) is 19.4 Å². The van der Waals surface area contributed by atoms with E-state index < -0.39 is 5.97 Å². The SMILES string of the molecule is Cn1cc(-c2nnc3c(Cl)cc(C(=O)O)cn23)cn1. The van der Waals surface area contributed by atoms with Gasteiger partial charge in [-0.2, -0.15) is 5.10 Å². The Morgan fingerprint density at radius 2 is 2.16 bits per heavy atom. The zero-order chi connectivity index (χ0) is 13.6. The van der Waals surface area contributed by atoms with Gasteiger partial charge in [0.05, 0.1) is 22.3 Å². The van der Waals surface area contributed by atoms with Crippen LogP contribution in [-0.4, -0.2) is 35.5 Å². The normalized spacial score (nSPS) is 11.1. The Labute approximate surface area is 112 Å². The third-order valence-electron chi connectivity index (χ3n) is 2.67. The summed E-state index contributed by atoms with van der Waals surface area (Å²) < 4.78 is 3.17. The number of carbonyl (C=O) groups is 1. The van der Waals surface area contributed by atoms with E-state index >= 15 is 0 Å². The van der Waals surface area contributed by atoms with Crippen molar-refractivity contribution < 1.29 is 9.90 Å². The number of rotatable bonds is 2. The predicted octanol–water partition coefficient (Wildman–Crippen LogP) is 1.48. The highest BCUT2D eigenvalue weighted by molar-refractivity contribution is 6.33. The standard InChI is InChI=1S/C11H8ClN5O2/c1-16-4-7(3-13-16)9-14-15-10-8(12)2-6(11(18)19)5-17(9)10/h2-5H,1H3,(H,18,19). The Balaban J connectivity index is 2.29. The monoisotopic (exact) mass is 277 g/mol. The van der Waals surface area contributed by atoms with E-state index in [9.17, 15) is 4.79 Å². The molecule has 0 amide bonds. The first-order valence-corrected chi connectivity index (χ1v) is 5.70. The van der Waals surface area contributed by atoms with Crippen molar-refractivity contribution in [1.29, 1.82) is 0 Å². The van der Waals surface area contributed by atoms with E-state index in [1.807, 2.05) is 0 Å². The van der Waals surface area contributed by atoms with Crippen LogP contribution >= 0.6 is 11.6 Å². The van der Waals surface area contributed by atoms with Crippen LogP contribution in [0.5, 0.6) is 0 Å². The summed E-state index contributed by atoms with van der Waals surface area (Å²) in [6, 6.07) is 1.35. The molecule has 3 aromatic heterocycles. The van der Waals surface area contributed by atoms with Gasteiger partial charge >= 0.3 is 5.97 Å². The molecule has 0 radical (unpaired) electrons. The molecule has 8 heteroatoms. The molecule has 0 bridgehead atoms. The molecule has 0 aliphatic rings. The fourth-order valence-corrected chi connectivity index (χ4v) is 2.05. The molecule has 0 unspecified atom stereocenters. The number of carboxylic acid groups (broad SMARTS) is 1. The molecule has 0 aliphatic heterocycles. The second kappa shape index (κ2) is 4.06. The van der Waals surface area contributed by atoms with E-state index in [1.165, 1.54) is 12.3 Å². The maximum atomic E-state index is 11.0. The third kappa shape index (κ3) is 1.84. The zero-order valence-corrected chi connectivity index (χ0v) is 10.5. The Hall–Kier alpha value is -2.41. The summed E-state index contributed by atoms with van der Waals surface area (Å²) in [5.74, 6) is -0.567. The number of carboxylic acids is 1. The lowest BCUT2D eigenvalue weighted by Crippen LogP contribution is -2.00. The highest BCUT2D eigenvalue weighted by Crippen LogP contribution is 2.23. The summed E-state index contributed by atoms with van der Waals surface area (Å²) >= 11 is 6.00. The van der Waals surface area contributed by atoms with Crippen LogP contribution in [0.3, 0.4) is 0 Å². The minimum Gasteiger partial charge on any atom is -0.478 e. The fourth-order valence-electron chi connectivity index (χ4n) is 1.80. The zero-order valence-electron chi connectivity index (χ0n) is 9.78. The summed E-state index contributed by atoms with van der Waals surface area (Å²) in [6.07, 6.45) is 4.82. The summed E-state index contributed by atoms with van der Waals surface area (Å²) in [6.45, 7) is 0. The molecular formula is C11H8ClN5O2. The molecule has 0 saturated heterocycles. The smallest absolute Gasteiger partial charge is 0.337 e. The topological polar surface area (TPSA) is 85.3 Å². The first-order chi connectivity index (χ1) is 9.06. The van der Waals surface area contributed by atoms with Crippen LogP contribution in [0.4, 0.5) is 0 Å². The van der Waals surface area contributed by atoms with Crippen LogP contribution in [0.25, 0.3) is 17.0 Å². The van der Waals surface area contributed by atoms with Crippen LogP contribution in [-0.2, 0) is 7.05 Å². The second-order valence-corrected chi connectivity index (χ2v) is 4.41. The largest absolute Gasteiger partial charge is 0.478 e. The number of aryl methyl sites for hydroxylation is 1. The van der Waals surface area contributed by atoms with Gasteiger partial charge in [-0.1, -0.05) is 11.6 Å². The molecule has 0 saturated carbocycles. The van der Waals surface area contributed by atoms with E-state index in [1.54, 1.807) is 28.5 Å². The van der Waals surface area contributed by atoms with Gasteiger partial charge in [0.1, 0.15) is 0 Å². The van der Waals surface area contributed by atoms with Crippen molar-refractivity contribution in [2.75, 3.05) is 0 Å². The number of aromatic nitrogens is 5. The minimum absolute atomic E-state index is 0.0717. The van der Waals surface area contributed by atoms with Crippen molar-refractivity contribution in [2.24, 2.45) is 7.05 Å². The molecule has 1 N–H and O–H groups in total. The lowest BCUT2D eigenvalue weighted by atomic mass is 10.2. The van der Waals surface area contributed by atoms with Crippen LogP contribution in [0.2, 0.25) is 5.02 Å². The van der Waals surface area contributed by atoms with Crippen LogP contribution in [0.1, 0.15) is 10.4 Å². The van der Waals surface area contributed by atoms with Crippen LogP contribution in [0, 0.1) is 0 Å². The summed E-state index contributed by atoms with van der Waals surface area (Å²) in [4.78, 5) is 11.0. The lowest BCUT2D eigenvalue weighted by molar-refractivity contribution is 0.0696. The van der Waals surface area contributed by atoms with Gasteiger partial charge in [-0.15, -0.1) is 10.2 Å². The molecule has 3 aromatic rings. The third-order valence-corrected chi connectivity index (χ3v) is 2.95. The van der Waals surface area contributed by atoms with E-state index in [4.69, 9.17) is 16.7 Å². The molecule has 3 heterocycles. The second-order valence-electron chi connectivity index (χ2n) is 4.00. The van der Waals surface area contributed by atoms with Crippen molar-refractivity contribution >= 4 is 23.2 Å². The molecular weight excluding hydrogens is 270 g/mol. The lowest BCUT2D eigenvalue weighted by Gasteiger charge is -2.01. The molecule has 19 heavy (non-hydrogen) atoms. The Bertz CT molecular complexity index is 792. The van der Waals surface area contributed by atoms with Gasteiger partial charge in [-0.25, -0.2) is 4.79 Å². The van der Waals surface area contributed by atoms with Gasteiger partial charge in [0.2, 0.25) is 0 Å². The number of aromatic carboxylic acids is 1. The van der Waals surface area contributed by atoms with Crippen molar-refractivity contribution in [2.45, 2.75) is 0 Å². The van der Waals surface area contributed by atoms with E-state index in [2.05, 4.69) is 15.3 Å². The number of halogens is 1. The number of hydrogen-bond acceptors (Lipinski definition) is 4. The van der Waals surface area contributed by atoms with E-state index in [0.717, 1.165) is 5.56 Å². The van der Waals surface area contributed by atoms with Crippen molar-refractivity contribution in [3.8, 4) is 11.4 Å². The molecule has 0 aliphatic carbocycles. The Morgan fingerprint density at radius 1 is 1.37 bits per heavy atom. The van der Waals surface area contributed by atoms with Gasteiger partial charge in [0.15, 0.2) is 11.5 Å². The molecule has 96 valence electrons. The molecule has 0 aromatic carbocycles. The maximum absolute atomic E-state index is 11.0. The van der Waals surface area contributed by atoms with Gasteiger partial charge in [0.25, 0.3) is 0 Å². The quantitative estimate of drug-likeness (QED) is 0.767. The van der Waals surface area contributed by atoms with Gasteiger partial charge in [-0.3, -0.25) is 9.08 Å². The first-order valence-electron chi connectivity index (χ1n) is 5.33.